The molecule has 1 aromatic rings. The van der Waals surface area contributed by atoms with E-state index in [1.165, 1.54) is 25.7 Å². The number of anilines is 1. The average molecular weight is 260 g/mol. The van der Waals surface area contributed by atoms with Gasteiger partial charge >= 0.3 is 0 Å². The number of nitrogen functional groups attached to an aromatic ring is 1. The number of pyridine rings is 1. The number of hydrogen-bond donors (Lipinski definition) is 2. The highest BCUT2D eigenvalue weighted by atomic mass is 15.2. The fraction of sp³-hybridized carbons (Fsp3) is 0.600. The molecule has 4 nitrogen and oxygen atoms in total. The van der Waals surface area contributed by atoms with Gasteiger partial charge in [-0.05, 0) is 37.3 Å². The first-order valence-electron chi connectivity index (χ1n) is 7.18. The lowest BCUT2D eigenvalue weighted by Gasteiger charge is -2.34. The van der Waals surface area contributed by atoms with E-state index in [-0.39, 0.29) is 5.84 Å². The number of nitrogens with one attached hydrogen (secondary N) is 1. The van der Waals surface area contributed by atoms with Gasteiger partial charge in [0.15, 0.2) is 0 Å². The van der Waals surface area contributed by atoms with Gasteiger partial charge in [0.05, 0.1) is 5.56 Å². The van der Waals surface area contributed by atoms with Gasteiger partial charge < -0.3 is 10.6 Å². The van der Waals surface area contributed by atoms with Crippen LogP contribution in [0.3, 0.4) is 0 Å². The van der Waals surface area contributed by atoms with Crippen LogP contribution in [0.2, 0.25) is 0 Å². The predicted octanol–water partition coefficient (Wildman–Crippen LogP) is 2.69. The molecule has 1 aliphatic heterocycles. The van der Waals surface area contributed by atoms with Gasteiger partial charge in [-0.1, -0.05) is 19.8 Å². The third-order valence-corrected chi connectivity index (χ3v) is 4.02. The van der Waals surface area contributed by atoms with Crippen LogP contribution in [0.4, 0.5) is 5.82 Å². The highest BCUT2D eigenvalue weighted by Crippen LogP contribution is 2.27. The summed E-state index contributed by atoms with van der Waals surface area (Å²) in [6.07, 6.45) is 6.86. The molecule has 104 valence electrons. The molecule has 3 N–H and O–H groups in total. The molecule has 1 fully saturated rings. The molecule has 0 aromatic carbocycles. The zero-order valence-electron chi connectivity index (χ0n) is 11.9. The Bertz CT molecular complexity index is 447. The van der Waals surface area contributed by atoms with Crippen molar-refractivity contribution < 1.29 is 0 Å². The number of piperidine rings is 1. The Morgan fingerprint density at radius 1 is 1.47 bits per heavy atom. The Hall–Kier alpha value is -1.58. The predicted molar refractivity (Wildman–Crippen MR) is 79.8 cm³/mol. The molecule has 0 saturated carbocycles. The van der Waals surface area contributed by atoms with Gasteiger partial charge in [-0.2, -0.15) is 0 Å². The molecule has 2 rings (SSSR count). The Morgan fingerprint density at radius 2 is 2.16 bits per heavy atom. The van der Waals surface area contributed by atoms with Crippen LogP contribution in [-0.4, -0.2) is 23.9 Å². The van der Waals surface area contributed by atoms with Crippen LogP contribution in [0, 0.1) is 18.3 Å². The first-order valence-corrected chi connectivity index (χ1v) is 7.18. The fourth-order valence-electron chi connectivity index (χ4n) is 2.96. The van der Waals surface area contributed by atoms with Crippen molar-refractivity contribution >= 4 is 11.7 Å². The number of rotatable bonds is 4. The summed E-state index contributed by atoms with van der Waals surface area (Å²) in [5.41, 5.74) is 7.55. The zero-order valence-corrected chi connectivity index (χ0v) is 11.9. The average Bonchev–Trinajstić information content (AvgIpc) is 2.39. The fourth-order valence-corrected chi connectivity index (χ4v) is 2.96. The molecular weight excluding hydrogens is 236 g/mol. The van der Waals surface area contributed by atoms with Gasteiger partial charge in [0, 0.05) is 19.3 Å². The molecule has 1 aliphatic rings. The Labute approximate surface area is 115 Å². The summed E-state index contributed by atoms with van der Waals surface area (Å²) < 4.78 is 0. The summed E-state index contributed by atoms with van der Waals surface area (Å²) in [4.78, 5) is 6.75. The van der Waals surface area contributed by atoms with Crippen molar-refractivity contribution in [2.45, 2.75) is 39.5 Å². The normalized spacial score (nSPS) is 16.6. The van der Waals surface area contributed by atoms with E-state index in [4.69, 9.17) is 11.1 Å². The van der Waals surface area contributed by atoms with Crippen LogP contribution in [0.1, 0.15) is 43.7 Å². The molecule has 0 aliphatic carbocycles. The molecule has 1 saturated heterocycles. The summed E-state index contributed by atoms with van der Waals surface area (Å²) in [7, 11) is 0. The second-order valence-corrected chi connectivity index (χ2v) is 5.46. The van der Waals surface area contributed by atoms with Crippen molar-refractivity contribution in [1.29, 1.82) is 5.41 Å². The molecule has 4 heteroatoms. The topological polar surface area (TPSA) is 66.0 Å². The van der Waals surface area contributed by atoms with Gasteiger partial charge in [0.1, 0.15) is 11.7 Å². The minimum absolute atomic E-state index is 0.122. The van der Waals surface area contributed by atoms with Crippen molar-refractivity contribution in [3.8, 4) is 0 Å². The molecule has 19 heavy (non-hydrogen) atoms. The third-order valence-electron chi connectivity index (χ3n) is 4.02. The molecule has 1 aromatic heterocycles. The second kappa shape index (κ2) is 6.04. The van der Waals surface area contributed by atoms with E-state index < -0.39 is 0 Å². The van der Waals surface area contributed by atoms with E-state index in [1.807, 2.05) is 19.2 Å². The Morgan fingerprint density at radius 3 is 2.74 bits per heavy atom. The van der Waals surface area contributed by atoms with Crippen LogP contribution in [0.5, 0.6) is 0 Å². The number of hydrogen-bond acceptors (Lipinski definition) is 3. The van der Waals surface area contributed by atoms with Crippen molar-refractivity contribution in [3.63, 3.8) is 0 Å². The summed E-state index contributed by atoms with van der Waals surface area (Å²) >= 11 is 0. The molecule has 0 amide bonds. The molecule has 0 radical (unpaired) electrons. The van der Waals surface area contributed by atoms with Crippen LogP contribution >= 0.6 is 0 Å². The van der Waals surface area contributed by atoms with Gasteiger partial charge in [0.2, 0.25) is 0 Å². The minimum atomic E-state index is 0.122. The highest BCUT2D eigenvalue weighted by molar-refractivity contribution is 6.01. The molecular formula is C15H24N4. The van der Waals surface area contributed by atoms with Crippen LogP contribution in [0.15, 0.2) is 12.3 Å². The van der Waals surface area contributed by atoms with E-state index in [0.29, 0.717) is 0 Å². The SMILES string of the molecule is CCCC1CCN(c2nccc(C)c2C(=N)N)CC1. The molecule has 0 atom stereocenters. The maximum atomic E-state index is 7.75. The van der Waals surface area contributed by atoms with Crippen LogP contribution < -0.4 is 10.6 Å². The number of aromatic nitrogens is 1. The second-order valence-electron chi connectivity index (χ2n) is 5.46. The van der Waals surface area contributed by atoms with Crippen molar-refractivity contribution in [1.82, 2.24) is 4.98 Å². The summed E-state index contributed by atoms with van der Waals surface area (Å²) in [5.74, 6) is 1.87. The largest absolute Gasteiger partial charge is 0.384 e. The van der Waals surface area contributed by atoms with E-state index in [9.17, 15) is 0 Å². The maximum Gasteiger partial charge on any atom is 0.139 e. The molecule has 0 bridgehead atoms. The zero-order chi connectivity index (χ0) is 13.8. The lowest BCUT2D eigenvalue weighted by atomic mass is 9.92. The highest BCUT2D eigenvalue weighted by Gasteiger charge is 2.22. The van der Waals surface area contributed by atoms with Gasteiger partial charge in [0.25, 0.3) is 0 Å². The molecule has 0 spiro atoms. The van der Waals surface area contributed by atoms with Gasteiger partial charge in [-0.25, -0.2) is 4.98 Å². The first-order chi connectivity index (χ1) is 9.13. The third kappa shape index (κ3) is 3.06. The van der Waals surface area contributed by atoms with Crippen LogP contribution in [0.25, 0.3) is 0 Å². The monoisotopic (exact) mass is 260 g/mol. The molecule has 2 heterocycles. The summed E-state index contributed by atoms with van der Waals surface area (Å²) in [6, 6.07) is 1.92. The molecule has 0 unspecified atom stereocenters. The van der Waals surface area contributed by atoms with E-state index >= 15 is 0 Å². The van der Waals surface area contributed by atoms with Crippen molar-refractivity contribution in [2.75, 3.05) is 18.0 Å². The van der Waals surface area contributed by atoms with E-state index in [0.717, 1.165) is 36.0 Å². The Balaban J connectivity index is 2.15. The quantitative estimate of drug-likeness (QED) is 0.646. The standard InChI is InChI=1S/C15H24N4/c1-3-4-12-6-9-19(10-7-12)15-13(14(16)17)11(2)5-8-18-15/h5,8,12H,3-4,6-7,9-10H2,1-2H3,(H3,16,17). The number of aryl methyl sites for hydroxylation is 1. The van der Waals surface area contributed by atoms with Crippen molar-refractivity contribution in [2.24, 2.45) is 11.7 Å². The van der Waals surface area contributed by atoms with E-state index in [1.54, 1.807) is 0 Å². The first kappa shape index (κ1) is 13.8. The lowest BCUT2D eigenvalue weighted by molar-refractivity contribution is 0.377. The maximum absolute atomic E-state index is 7.75. The number of nitrogens with two attached hydrogens (primary N) is 1. The minimum Gasteiger partial charge on any atom is -0.384 e. The number of nitrogens with zero attached hydrogens (tertiary/aromatic N) is 2. The van der Waals surface area contributed by atoms with Gasteiger partial charge in [-0.3, -0.25) is 5.41 Å². The Kier molecular flexibility index (Phi) is 4.40. The summed E-state index contributed by atoms with van der Waals surface area (Å²) in [5, 5.41) is 7.75. The van der Waals surface area contributed by atoms with Crippen LogP contribution in [-0.2, 0) is 0 Å². The van der Waals surface area contributed by atoms with Gasteiger partial charge in [-0.15, -0.1) is 0 Å². The number of amidine groups is 1. The lowest BCUT2D eigenvalue weighted by Crippen LogP contribution is -2.36. The smallest absolute Gasteiger partial charge is 0.139 e. The van der Waals surface area contributed by atoms with E-state index in [2.05, 4.69) is 16.8 Å². The summed E-state index contributed by atoms with van der Waals surface area (Å²) in [6.45, 7) is 6.30. The van der Waals surface area contributed by atoms with Crippen molar-refractivity contribution in [3.05, 3.63) is 23.4 Å².